The number of thioether (sulfide) groups is 1. The van der Waals surface area contributed by atoms with Crippen LogP contribution in [-0.4, -0.2) is 94.2 Å². The van der Waals surface area contributed by atoms with E-state index in [1.54, 1.807) is 10.8 Å². The van der Waals surface area contributed by atoms with Gasteiger partial charge in [-0.15, -0.1) is 11.8 Å². The average Bonchev–Trinajstić information content (AvgIpc) is 3.58. The maximum atomic E-state index is 13.3. The van der Waals surface area contributed by atoms with Crippen LogP contribution in [0.25, 0.3) is 11.2 Å². The Morgan fingerprint density at radius 2 is 2.07 bits per heavy atom. The number of anilines is 2. The van der Waals surface area contributed by atoms with Gasteiger partial charge in [0.15, 0.2) is 5.13 Å². The highest BCUT2D eigenvalue weighted by molar-refractivity contribution is 8.00. The molecule has 8 N–H and O–H groups in total. The summed E-state index contributed by atoms with van der Waals surface area (Å²) in [5.74, 6) is -4.94. The number of aliphatic carboxylic acids is 2. The van der Waals surface area contributed by atoms with E-state index in [-0.39, 0.29) is 29.0 Å². The van der Waals surface area contributed by atoms with Crippen LogP contribution in [0.3, 0.4) is 0 Å². The van der Waals surface area contributed by atoms with Crippen LogP contribution in [0, 0.1) is 0 Å². The van der Waals surface area contributed by atoms with Gasteiger partial charge in [0, 0.05) is 29.4 Å². The highest BCUT2D eigenvalue weighted by atomic mass is 32.2. The van der Waals surface area contributed by atoms with Crippen LogP contribution in [-0.2, 0) is 37.1 Å². The molecule has 2 aliphatic heterocycles. The molecule has 236 valence electrons. The SMILES string of the molecule is C=C(O/N=C(\C(=O)NC1C(=O)N2C(C(=O)O)=C(C[n+]3cccc4c3nc(N)n4CCCNC)CSC12)c1nsc(N)n1)C(=O)O. The van der Waals surface area contributed by atoms with Crippen LogP contribution in [0.4, 0.5) is 11.1 Å². The second kappa shape index (κ2) is 12.9. The molecule has 0 radical (unpaired) electrons. The zero-order valence-electron chi connectivity index (χ0n) is 23.7. The summed E-state index contributed by atoms with van der Waals surface area (Å²) in [6.07, 6.45) is 2.59. The lowest BCUT2D eigenvalue weighted by atomic mass is 10.0. The number of nitrogen functional groups attached to an aromatic ring is 2. The smallest absolute Gasteiger partial charge is 0.374 e. The molecule has 20 heteroatoms. The third-order valence-electron chi connectivity index (χ3n) is 6.87. The number of carboxylic acids is 2. The largest absolute Gasteiger partial charge is 0.477 e. The molecule has 3 aromatic heterocycles. The molecule has 0 bridgehead atoms. The van der Waals surface area contributed by atoms with E-state index in [1.165, 1.54) is 11.8 Å². The van der Waals surface area contributed by atoms with Gasteiger partial charge in [0.1, 0.15) is 29.2 Å². The van der Waals surface area contributed by atoms with Gasteiger partial charge in [-0.1, -0.05) is 5.16 Å². The summed E-state index contributed by atoms with van der Waals surface area (Å²) in [5, 5.41) is 27.5. The second-order valence-corrected chi connectivity index (χ2v) is 11.6. The molecule has 45 heavy (non-hydrogen) atoms. The van der Waals surface area contributed by atoms with E-state index in [1.807, 2.05) is 23.7 Å². The number of β-lactam (4-membered cyclic amide) rings is 1. The number of nitrogens with zero attached hydrogens (tertiary/aromatic N) is 7. The maximum absolute atomic E-state index is 13.3. The zero-order valence-corrected chi connectivity index (χ0v) is 25.3. The number of carbonyl (C=O) groups is 4. The van der Waals surface area contributed by atoms with E-state index >= 15 is 0 Å². The zero-order chi connectivity index (χ0) is 32.4. The second-order valence-electron chi connectivity index (χ2n) is 9.76. The maximum Gasteiger partial charge on any atom is 0.374 e. The Hall–Kier alpha value is -5.08. The highest BCUT2D eigenvalue weighted by Crippen LogP contribution is 2.40. The van der Waals surface area contributed by atoms with Crippen LogP contribution in [0.5, 0.6) is 0 Å². The number of oxime groups is 1. The van der Waals surface area contributed by atoms with Gasteiger partial charge in [-0.3, -0.25) is 19.1 Å². The number of carboxylic acid groups (broad SMARTS) is 2. The lowest BCUT2D eigenvalue weighted by Gasteiger charge is -2.49. The number of aryl methyl sites for hydroxylation is 1. The number of fused-ring (bicyclic) bond motifs is 2. The number of nitrogens with one attached hydrogen (secondary N) is 2. The molecule has 2 atom stereocenters. The number of carbonyl (C=O) groups excluding carboxylic acids is 2. The van der Waals surface area contributed by atoms with Crippen molar-refractivity contribution in [3.63, 3.8) is 0 Å². The number of hydrogen-bond acceptors (Lipinski definition) is 14. The molecule has 2 aliphatic rings. The Bertz CT molecular complexity index is 1780. The predicted octanol–water partition coefficient (Wildman–Crippen LogP) is -1.29. The normalized spacial score (nSPS) is 18.0. The van der Waals surface area contributed by atoms with Crippen molar-refractivity contribution >= 4 is 75.0 Å². The highest BCUT2D eigenvalue weighted by Gasteiger charge is 2.54. The summed E-state index contributed by atoms with van der Waals surface area (Å²) in [6.45, 7) is 4.74. The lowest BCUT2D eigenvalue weighted by molar-refractivity contribution is -0.664. The molecule has 0 aliphatic carbocycles. The van der Waals surface area contributed by atoms with E-state index in [9.17, 15) is 24.3 Å². The molecular formula is C25H28N11O7S2+. The molecule has 0 spiro atoms. The summed E-state index contributed by atoms with van der Waals surface area (Å²) >= 11 is 2.02. The standard InChI is InChI=1S/C25H27N11O7S2/c1-11(22(39)40)43-32-14(17-30-25(27)45-33-17)19(37)29-15-20(38)36-16(23(41)42)12(10-44-21(15)36)9-34-7-3-5-13-18(34)31-24(26)35(13)8-4-6-28-2/h3,5,7,15,21,26,28H,1,4,6,8-10H2,2H3,(H5,27,29,30,33,37,39,40,41,42)/p+1/b32-14-. The molecule has 0 saturated carbocycles. The number of nitrogens with two attached hydrogens (primary N) is 2. The first-order valence-corrected chi connectivity index (χ1v) is 15.1. The van der Waals surface area contributed by atoms with Gasteiger partial charge < -0.3 is 37.2 Å². The average molecular weight is 659 g/mol. The van der Waals surface area contributed by atoms with Gasteiger partial charge in [0.2, 0.25) is 17.3 Å². The van der Waals surface area contributed by atoms with E-state index < -0.39 is 46.6 Å². The minimum absolute atomic E-state index is 0.00290. The quantitative estimate of drug-likeness (QED) is 0.0238. The lowest BCUT2D eigenvalue weighted by Crippen LogP contribution is -2.71. The van der Waals surface area contributed by atoms with Gasteiger partial charge >= 0.3 is 23.5 Å². The van der Waals surface area contributed by atoms with Crippen LogP contribution in [0.1, 0.15) is 12.2 Å². The third kappa shape index (κ3) is 6.14. The molecule has 2 amide bonds. The van der Waals surface area contributed by atoms with Gasteiger partial charge in [0.25, 0.3) is 11.8 Å². The summed E-state index contributed by atoms with van der Waals surface area (Å²) in [6, 6.07) is 2.57. The van der Waals surface area contributed by atoms with Crippen molar-refractivity contribution in [1.29, 1.82) is 0 Å². The van der Waals surface area contributed by atoms with Crippen LogP contribution >= 0.6 is 23.3 Å². The molecule has 1 fully saturated rings. The summed E-state index contributed by atoms with van der Waals surface area (Å²) in [7, 11) is 1.86. The van der Waals surface area contributed by atoms with E-state index in [4.69, 9.17) is 21.4 Å². The third-order valence-corrected chi connectivity index (χ3v) is 8.75. The first kappa shape index (κ1) is 31.3. The summed E-state index contributed by atoms with van der Waals surface area (Å²) < 4.78 is 7.57. The van der Waals surface area contributed by atoms with E-state index in [2.05, 4.69) is 36.7 Å². The van der Waals surface area contributed by atoms with Crippen LogP contribution in [0.2, 0.25) is 0 Å². The van der Waals surface area contributed by atoms with Crippen molar-refractivity contribution in [3.8, 4) is 0 Å². The fourth-order valence-electron chi connectivity index (χ4n) is 4.81. The molecule has 18 nitrogen and oxygen atoms in total. The molecule has 1 saturated heterocycles. The minimum atomic E-state index is -1.52. The molecule has 0 aromatic carbocycles. The van der Waals surface area contributed by atoms with Crippen molar-refractivity contribution in [2.24, 2.45) is 5.16 Å². The Morgan fingerprint density at radius 1 is 1.29 bits per heavy atom. The summed E-state index contributed by atoms with van der Waals surface area (Å²) in [4.78, 5) is 64.2. The number of imidazole rings is 1. The molecule has 5 rings (SSSR count). The molecule has 5 heterocycles. The summed E-state index contributed by atoms with van der Waals surface area (Å²) in [5.41, 5.74) is 12.9. The van der Waals surface area contributed by atoms with Crippen LogP contribution < -0.4 is 26.7 Å². The number of hydrogen-bond donors (Lipinski definition) is 6. The molecule has 2 unspecified atom stereocenters. The Labute approximate surface area is 262 Å². The van der Waals surface area contributed by atoms with Crippen molar-refractivity contribution in [1.82, 2.24) is 34.4 Å². The first-order chi connectivity index (χ1) is 21.5. The van der Waals surface area contributed by atoms with E-state index in [0.717, 1.165) is 34.9 Å². The van der Waals surface area contributed by atoms with Crippen molar-refractivity contribution in [2.75, 3.05) is 30.8 Å². The van der Waals surface area contributed by atoms with E-state index in [0.29, 0.717) is 23.7 Å². The van der Waals surface area contributed by atoms with Gasteiger partial charge in [-0.05, 0) is 43.7 Å². The number of rotatable bonds is 13. The number of pyridine rings is 1. The fourth-order valence-corrected chi connectivity index (χ4v) is 6.58. The Kier molecular flexibility index (Phi) is 8.97. The van der Waals surface area contributed by atoms with Crippen LogP contribution in [0.15, 0.2) is 47.1 Å². The number of amides is 2. The van der Waals surface area contributed by atoms with Gasteiger partial charge in [-0.2, -0.15) is 9.36 Å². The topological polar surface area (TPSA) is 257 Å². The van der Waals surface area contributed by atoms with Gasteiger partial charge in [0.05, 0.1) is 6.20 Å². The fraction of sp³-hybridized carbons (Fsp3) is 0.320. The van der Waals surface area contributed by atoms with Crippen molar-refractivity contribution in [2.45, 2.75) is 30.9 Å². The van der Waals surface area contributed by atoms with Crippen molar-refractivity contribution < 1.29 is 38.8 Å². The first-order valence-electron chi connectivity index (χ1n) is 13.3. The molecular weight excluding hydrogens is 630 g/mol. The Balaban J connectivity index is 1.37. The minimum Gasteiger partial charge on any atom is -0.477 e. The van der Waals surface area contributed by atoms with Gasteiger partial charge in [-0.25, -0.2) is 14.2 Å². The Morgan fingerprint density at radius 3 is 2.73 bits per heavy atom. The van der Waals surface area contributed by atoms with Crippen molar-refractivity contribution in [3.05, 3.63) is 47.8 Å². The monoisotopic (exact) mass is 658 g/mol. The predicted molar refractivity (Wildman–Crippen MR) is 161 cm³/mol. The number of aromatic nitrogens is 5. The molecule has 3 aromatic rings.